The van der Waals surface area contributed by atoms with Crippen LogP contribution in [-0.4, -0.2) is 45.2 Å². The fourth-order valence-electron chi connectivity index (χ4n) is 3.61. The molecule has 7 nitrogen and oxygen atoms in total. The van der Waals surface area contributed by atoms with Crippen LogP contribution in [0.3, 0.4) is 0 Å². The molecule has 1 fully saturated rings. The fourth-order valence-corrected chi connectivity index (χ4v) is 4.56. The van der Waals surface area contributed by atoms with Crippen LogP contribution in [0.15, 0.2) is 64.5 Å². The van der Waals surface area contributed by atoms with Crippen molar-refractivity contribution in [3.63, 3.8) is 0 Å². The monoisotopic (exact) mass is 436 g/mol. The molecule has 4 rings (SSSR count). The molecular formula is C23H24N4O3S. The number of carbonyl (C=O) groups is 2. The zero-order valence-electron chi connectivity index (χ0n) is 17.1. The highest BCUT2D eigenvalue weighted by Crippen LogP contribution is 2.20. The number of hydrogen-bond donors (Lipinski definition) is 1. The van der Waals surface area contributed by atoms with E-state index in [-0.39, 0.29) is 24.0 Å². The number of imide groups is 1. The molecule has 31 heavy (non-hydrogen) atoms. The summed E-state index contributed by atoms with van der Waals surface area (Å²) in [6.45, 7) is 1.02. The lowest BCUT2D eigenvalue weighted by atomic mass is 10.1. The highest BCUT2D eigenvalue weighted by molar-refractivity contribution is 7.99. The van der Waals surface area contributed by atoms with Crippen LogP contribution < -0.4 is 10.9 Å². The fraction of sp³-hybridized carbons (Fsp3) is 0.304. The van der Waals surface area contributed by atoms with Gasteiger partial charge in [-0.15, -0.1) is 0 Å². The number of rotatable bonds is 9. The standard InChI is InChI=1S/C23H24N4O3S/c28-20-16-24-22(30)26(20)14-7-15-31-23-25-19-12-5-4-11-18(19)21(29)27(23)13-6-10-17-8-2-1-3-9-17/h1-5,8-9,11-12H,6-7,10,13-16H2,(H,24,30). The van der Waals surface area contributed by atoms with Crippen LogP contribution >= 0.6 is 11.8 Å². The van der Waals surface area contributed by atoms with E-state index in [9.17, 15) is 14.4 Å². The van der Waals surface area contributed by atoms with Crippen LogP contribution in [-0.2, 0) is 17.8 Å². The third kappa shape index (κ3) is 4.96. The molecule has 0 spiro atoms. The lowest BCUT2D eigenvalue weighted by molar-refractivity contribution is -0.124. The van der Waals surface area contributed by atoms with Crippen molar-refractivity contribution in [2.75, 3.05) is 18.8 Å². The molecule has 1 N–H and O–H groups in total. The van der Waals surface area contributed by atoms with Gasteiger partial charge < -0.3 is 5.32 Å². The zero-order valence-corrected chi connectivity index (χ0v) is 17.9. The number of thioether (sulfide) groups is 1. The van der Waals surface area contributed by atoms with Gasteiger partial charge in [-0.25, -0.2) is 9.78 Å². The molecule has 1 aliphatic rings. The minimum absolute atomic E-state index is 0.0322. The second kappa shape index (κ2) is 9.78. The number of nitrogens with one attached hydrogen (secondary N) is 1. The molecule has 8 heteroatoms. The molecule has 2 aromatic carbocycles. The summed E-state index contributed by atoms with van der Waals surface area (Å²) >= 11 is 1.49. The molecule has 0 saturated carbocycles. The Morgan fingerprint density at radius 1 is 0.935 bits per heavy atom. The van der Waals surface area contributed by atoms with Crippen molar-refractivity contribution in [1.82, 2.24) is 19.8 Å². The number of urea groups is 1. The molecule has 3 amide bonds. The Bertz CT molecular complexity index is 1130. The first-order valence-electron chi connectivity index (χ1n) is 10.4. The summed E-state index contributed by atoms with van der Waals surface area (Å²) in [5.74, 6) is 0.456. The van der Waals surface area contributed by atoms with E-state index < -0.39 is 0 Å². The largest absolute Gasteiger partial charge is 0.329 e. The first-order valence-corrected chi connectivity index (χ1v) is 11.4. The van der Waals surface area contributed by atoms with E-state index in [0.717, 1.165) is 12.8 Å². The van der Waals surface area contributed by atoms with E-state index >= 15 is 0 Å². The van der Waals surface area contributed by atoms with Crippen molar-refractivity contribution in [2.45, 2.75) is 31.0 Å². The van der Waals surface area contributed by atoms with Gasteiger partial charge in [-0.3, -0.25) is 19.1 Å². The molecule has 1 saturated heterocycles. The van der Waals surface area contributed by atoms with Gasteiger partial charge >= 0.3 is 6.03 Å². The van der Waals surface area contributed by atoms with Gasteiger partial charge in [0.1, 0.15) is 0 Å². The number of carbonyl (C=O) groups excluding carboxylic acids is 2. The number of hydrogen-bond acceptors (Lipinski definition) is 5. The first kappa shape index (κ1) is 21.1. The maximum absolute atomic E-state index is 13.1. The summed E-state index contributed by atoms with van der Waals surface area (Å²) < 4.78 is 1.75. The Morgan fingerprint density at radius 2 is 1.71 bits per heavy atom. The summed E-state index contributed by atoms with van der Waals surface area (Å²) in [5.41, 5.74) is 1.89. The van der Waals surface area contributed by atoms with Gasteiger partial charge in [0.25, 0.3) is 5.56 Å². The Kier molecular flexibility index (Phi) is 6.66. The lowest BCUT2D eigenvalue weighted by Gasteiger charge is -2.14. The van der Waals surface area contributed by atoms with Crippen molar-refractivity contribution in [2.24, 2.45) is 0 Å². The van der Waals surface area contributed by atoms with Crippen molar-refractivity contribution in [3.8, 4) is 0 Å². The van der Waals surface area contributed by atoms with E-state index in [1.165, 1.54) is 22.2 Å². The van der Waals surface area contributed by atoms with Gasteiger partial charge in [-0.1, -0.05) is 54.2 Å². The molecule has 160 valence electrons. The summed E-state index contributed by atoms with van der Waals surface area (Å²) in [6, 6.07) is 17.3. The number of aromatic nitrogens is 2. The van der Waals surface area contributed by atoms with Crippen LogP contribution in [0.25, 0.3) is 10.9 Å². The Labute approximate surface area is 184 Å². The van der Waals surface area contributed by atoms with Gasteiger partial charge in [-0.2, -0.15) is 0 Å². The van der Waals surface area contributed by atoms with Crippen molar-refractivity contribution in [3.05, 3.63) is 70.5 Å². The van der Waals surface area contributed by atoms with E-state index in [0.29, 0.717) is 41.3 Å². The first-order chi connectivity index (χ1) is 15.1. The van der Waals surface area contributed by atoms with E-state index in [4.69, 9.17) is 4.98 Å². The highest BCUT2D eigenvalue weighted by Gasteiger charge is 2.27. The topological polar surface area (TPSA) is 84.3 Å². The number of para-hydroxylation sites is 1. The van der Waals surface area contributed by atoms with Crippen molar-refractivity contribution in [1.29, 1.82) is 0 Å². The smallest absolute Gasteiger partial charge is 0.324 e. The highest BCUT2D eigenvalue weighted by atomic mass is 32.2. The lowest BCUT2D eigenvalue weighted by Crippen LogP contribution is -2.32. The molecule has 2 heterocycles. The summed E-state index contributed by atoms with van der Waals surface area (Å²) in [6.07, 6.45) is 2.35. The minimum atomic E-state index is -0.336. The maximum atomic E-state index is 13.1. The molecule has 0 bridgehead atoms. The number of aryl methyl sites for hydroxylation is 1. The summed E-state index contributed by atoms with van der Waals surface area (Å²) in [7, 11) is 0. The third-order valence-electron chi connectivity index (χ3n) is 5.21. The molecule has 1 aliphatic heterocycles. The second-order valence-corrected chi connectivity index (χ2v) is 8.43. The summed E-state index contributed by atoms with van der Waals surface area (Å²) in [4.78, 5) is 42.5. The van der Waals surface area contributed by atoms with Gasteiger partial charge in [0.2, 0.25) is 5.91 Å². The van der Waals surface area contributed by atoms with Gasteiger partial charge in [0.15, 0.2) is 5.16 Å². The molecule has 0 radical (unpaired) electrons. The van der Waals surface area contributed by atoms with Crippen LogP contribution in [0, 0.1) is 0 Å². The van der Waals surface area contributed by atoms with Crippen LogP contribution in [0.5, 0.6) is 0 Å². The van der Waals surface area contributed by atoms with Gasteiger partial charge in [0, 0.05) is 18.8 Å². The van der Waals surface area contributed by atoms with Crippen LogP contribution in [0.4, 0.5) is 4.79 Å². The van der Waals surface area contributed by atoms with E-state index in [1.54, 1.807) is 4.57 Å². The predicted molar refractivity (Wildman–Crippen MR) is 121 cm³/mol. The van der Waals surface area contributed by atoms with Crippen LogP contribution in [0.1, 0.15) is 18.4 Å². The molecule has 1 aromatic heterocycles. The molecular weight excluding hydrogens is 412 g/mol. The quantitative estimate of drug-likeness (QED) is 0.241. The number of fused-ring (bicyclic) bond motifs is 1. The molecule has 3 aromatic rings. The summed E-state index contributed by atoms with van der Waals surface area (Å²) in [5, 5.41) is 3.82. The number of benzene rings is 2. The SMILES string of the molecule is O=C1CNC(=O)N1CCCSc1nc2ccccc2c(=O)n1CCCc1ccccc1. The van der Waals surface area contributed by atoms with Crippen molar-refractivity contribution >= 4 is 34.6 Å². The predicted octanol–water partition coefficient (Wildman–Crippen LogP) is 3.06. The minimum Gasteiger partial charge on any atom is -0.329 e. The average Bonchev–Trinajstić information content (AvgIpc) is 3.11. The molecule has 0 aliphatic carbocycles. The van der Waals surface area contributed by atoms with Gasteiger partial charge in [0.05, 0.1) is 17.4 Å². The maximum Gasteiger partial charge on any atom is 0.324 e. The van der Waals surface area contributed by atoms with E-state index in [2.05, 4.69) is 17.4 Å². The zero-order chi connectivity index (χ0) is 21.6. The number of amides is 3. The Balaban J connectivity index is 1.46. The van der Waals surface area contributed by atoms with Crippen molar-refractivity contribution < 1.29 is 9.59 Å². The third-order valence-corrected chi connectivity index (χ3v) is 6.27. The van der Waals surface area contributed by atoms with E-state index in [1.807, 2.05) is 42.5 Å². The Morgan fingerprint density at radius 3 is 2.48 bits per heavy atom. The van der Waals surface area contributed by atoms with Crippen LogP contribution in [0.2, 0.25) is 0 Å². The second-order valence-electron chi connectivity index (χ2n) is 7.36. The Hall–Kier alpha value is -3.13. The van der Waals surface area contributed by atoms with Gasteiger partial charge in [-0.05, 0) is 37.0 Å². The number of nitrogens with zero attached hydrogens (tertiary/aromatic N) is 3. The average molecular weight is 437 g/mol. The molecule has 0 atom stereocenters. The normalized spacial score (nSPS) is 13.7. The molecule has 0 unspecified atom stereocenters.